The number of allylic oxidation sites excluding steroid dienone is 1. The highest BCUT2D eigenvalue weighted by molar-refractivity contribution is 6.31. The van der Waals surface area contributed by atoms with Crippen molar-refractivity contribution in [1.82, 2.24) is 0 Å². The third-order valence-corrected chi connectivity index (χ3v) is 5.03. The average Bonchev–Trinajstić information content (AvgIpc) is 2.49. The number of halogens is 2. The van der Waals surface area contributed by atoms with Gasteiger partial charge in [-0.1, -0.05) is 30.7 Å². The van der Waals surface area contributed by atoms with Gasteiger partial charge in [0.1, 0.15) is 0 Å². The van der Waals surface area contributed by atoms with Crippen molar-refractivity contribution in [3.05, 3.63) is 41.2 Å². The molecule has 1 atom stereocenters. The van der Waals surface area contributed by atoms with Gasteiger partial charge in [0.2, 0.25) is 0 Å². The summed E-state index contributed by atoms with van der Waals surface area (Å²) < 4.78 is 19.0. The Morgan fingerprint density at radius 3 is 2.55 bits per heavy atom. The molecule has 0 radical (unpaired) electrons. The second-order valence-corrected chi connectivity index (χ2v) is 6.06. The van der Waals surface area contributed by atoms with Gasteiger partial charge in [0.15, 0.2) is 11.6 Å². The summed E-state index contributed by atoms with van der Waals surface area (Å²) in [5.74, 6) is 1.24. The number of ether oxygens (including phenoxy) is 1. The fourth-order valence-corrected chi connectivity index (χ4v) is 3.52. The van der Waals surface area contributed by atoms with Crippen molar-refractivity contribution in [2.45, 2.75) is 38.5 Å². The lowest BCUT2D eigenvalue weighted by Gasteiger charge is -2.31. The first-order valence-electron chi connectivity index (χ1n) is 7.22. The van der Waals surface area contributed by atoms with Gasteiger partial charge in [-0.25, -0.2) is 4.39 Å². The van der Waals surface area contributed by atoms with E-state index in [1.807, 2.05) is 6.07 Å². The molecule has 1 aliphatic rings. The summed E-state index contributed by atoms with van der Waals surface area (Å²) in [5, 5.41) is 0.211. The molecule has 1 unspecified atom stereocenters. The molecule has 1 nitrogen and oxygen atoms in total. The fourth-order valence-electron chi connectivity index (χ4n) is 3.19. The Hall–Kier alpha value is -1.02. The molecular formula is C17H22ClFO. The molecule has 0 saturated heterocycles. The van der Waals surface area contributed by atoms with E-state index in [0.717, 1.165) is 18.4 Å². The van der Waals surface area contributed by atoms with E-state index < -0.39 is 5.82 Å². The highest BCUT2D eigenvalue weighted by Gasteiger charge is 2.27. The van der Waals surface area contributed by atoms with E-state index in [9.17, 15) is 4.39 Å². The molecule has 1 fully saturated rings. The summed E-state index contributed by atoms with van der Waals surface area (Å²) in [5.41, 5.74) is 0.895. The Morgan fingerprint density at radius 1 is 1.35 bits per heavy atom. The molecule has 0 aliphatic heterocycles. The second kappa shape index (κ2) is 6.62. The van der Waals surface area contributed by atoms with Gasteiger partial charge in [-0.2, -0.15) is 0 Å². The molecule has 1 aromatic rings. The summed E-state index contributed by atoms with van der Waals surface area (Å²) in [6, 6.07) is 3.57. The lowest BCUT2D eigenvalue weighted by atomic mass is 9.74. The molecule has 0 spiro atoms. The van der Waals surface area contributed by atoms with Crippen LogP contribution in [0.2, 0.25) is 5.02 Å². The molecule has 110 valence electrons. The van der Waals surface area contributed by atoms with E-state index in [2.05, 4.69) is 19.6 Å². The average molecular weight is 297 g/mol. The van der Waals surface area contributed by atoms with Crippen molar-refractivity contribution in [2.24, 2.45) is 11.8 Å². The van der Waals surface area contributed by atoms with Crippen LogP contribution in [-0.4, -0.2) is 7.11 Å². The highest BCUT2D eigenvalue weighted by Crippen LogP contribution is 2.42. The van der Waals surface area contributed by atoms with Crippen molar-refractivity contribution >= 4 is 11.6 Å². The third kappa shape index (κ3) is 3.01. The quantitative estimate of drug-likeness (QED) is 0.659. The maximum absolute atomic E-state index is 14.0. The summed E-state index contributed by atoms with van der Waals surface area (Å²) in [7, 11) is 1.45. The molecule has 0 bridgehead atoms. The Kier molecular flexibility index (Phi) is 5.09. The Labute approximate surface area is 125 Å². The van der Waals surface area contributed by atoms with E-state index in [4.69, 9.17) is 16.3 Å². The smallest absolute Gasteiger partial charge is 0.183 e. The van der Waals surface area contributed by atoms with E-state index in [1.165, 1.54) is 20.0 Å². The topological polar surface area (TPSA) is 9.23 Å². The van der Waals surface area contributed by atoms with Gasteiger partial charge in [0.05, 0.1) is 12.1 Å². The van der Waals surface area contributed by atoms with Crippen LogP contribution in [0.15, 0.2) is 24.8 Å². The van der Waals surface area contributed by atoms with E-state index >= 15 is 0 Å². The Morgan fingerprint density at radius 2 is 2.00 bits per heavy atom. The van der Waals surface area contributed by atoms with Crippen LogP contribution in [-0.2, 0) is 0 Å². The van der Waals surface area contributed by atoms with Gasteiger partial charge in [0, 0.05) is 0 Å². The minimum absolute atomic E-state index is 0.210. The molecular weight excluding hydrogens is 275 g/mol. The minimum Gasteiger partial charge on any atom is -0.494 e. The molecule has 3 heteroatoms. The first kappa shape index (κ1) is 15.4. The number of hydrogen-bond acceptors (Lipinski definition) is 1. The predicted molar refractivity (Wildman–Crippen MR) is 82.0 cm³/mol. The van der Waals surface area contributed by atoms with Crippen molar-refractivity contribution in [3.8, 4) is 5.75 Å². The Bertz CT molecular complexity index is 478. The molecule has 0 aromatic heterocycles. The molecule has 20 heavy (non-hydrogen) atoms. The zero-order valence-corrected chi connectivity index (χ0v) is 12.9. The van der Waals surface area contributed by atoms with Gasteiger partial charge in [-0.05, 0) is 55.1 Å². The van der Waals surface area contributed by atoms with Crippen LogP contribution in [0.5, 0.6) is 5.75 Å². The molecule has 1 saturated carbocycles. The normalized spacial score (nSPS) is 24.2. The molecule has 0 heterocycles. The zero-order chi connectivity index (χ0) is 14.7. The molecule has 0 N–H and O–H groups in total. The first-order chi connectivity index (χ1) is 9.58. The number of methoxy groups -OCH3 is 1. The highest BCUT2D eigenvalue weighted by atomic mass is 35.5. The van der Waals surface area contributed by atoms with Crippen LogP contribution in [0.1, 0.15) is 44.1 Å². The van der Waals surface area contributed by atoms with Crippen LogP contribution >= 0.6 is 11.6 Å². The van der Waals surface area contributed by atoms with Gasteiger partial charge in [-0.15, -0.1) is 6.58 Å². The number of hydrogen-bond donors (Lipinski definition) is 0. The van der Waals surface area contributed by atoms with Crippen LogP contribution in [0.3, 0.4) is 0 Å². The van der Waals surface area contributed by atoms with E-state index in [-0.39, 0.29) is 16.7 Å². The fraction of sp³-hybridized carbons (Fsp3) is 0.529. The van der Waals surface area contributed by atoms with Crippen molar-refractivity contribution in [2.75, 3.05) is 7.11 Å². The lowest BCUT2D eigenvalue weighted by Crippen LogP contribution is -2.18. The largest absolute Gasteiger partial charge is 0.494 e. The Balaban J connectivity index is 2.15. The van der Waals surface area contributed by atoms with Crippen LogP contribution in [0.4, 0.5) is 4.39 Å². The van der Waals surface area contributed by atoms with Gasteiger partial charge in [-0.3, -0.25) is 0 Å². The van der Waals surface area contributed by atoms with Crippen LogP contribution in [0, 0.1) is 17.7 Å². The van der Waals surface area contributed by atoms with Crippen molar-refractivity contribution in [1.29, 1.82) is 0 Å². The summed E-state index contributed by atoms with van der Waals surface area (Å²) in [6.07, 6.45) is 6.72. The summed E-state index contributed by atoms with van der Waals surface area (Å²) >= 11 is 6.18. The lowest BCUT2D eigenvalue weighted by molar-refractivity contribution is 0.277. The van der Waals surface area contributed by atoms with Gasteiger partial charge < -0.3 is 4.74 Å². The first-order valence-corrected chi connectivity index (χ1v) is 7.60. The van der Waals surface area contributed by atoms with E-state index in [0.29, 0.717) is 11.8 Å². The van der Waals surface area contributed by atoms with Crippen LogP contribution < -0.4 is 4.74 Å². The van der Waals surface area contributed by atoms with Gasteiger partial charge >= 0.3 is 0 Å². The van der Waals surface area contributed by atoms with Crippen LogP contribution in [0.25, 0.3) is 0 Å². The predicted octanol–water partition coefficient (Wildman–Crippen LogP) is 5.58. The van der Waals surface area contributed by atoms with Crippen molar-refractivity contribution < 1.29 is 9.13 Å². The molecule has 1 aromatic carbocycles. The number of benzene rings is 1. The molecule has 1 aliphatic carbocycles. The van der Waals surface area contributed by atoms with Crippen molar-refractivity contribution in [3.63, 3.8) is 0 Å². The maximum atomic E-state index is 14.0. The third-order valence-electron chi connectivity index (χ3n) is 4.64. The van der Waals surface area contributed by atoms with E-state index in [1.54, 1.807) is 6.07 Å². The SMILES string of the molecule is C=CC1CCC(C(C)c2ccc(OC)c(F)c2Cl)CC1. The standard InChI is InChI=1S/C17H22ClFO/c1-4-12-5-7-13(8-6-12)11(2)14-9-10-15(20-3)17(19)16(14)18/h4,9-13H,1,5-8H2,2-3H3. The minimum atomic E-state index is -0.446. The monoisotopic (exact) mass is 296 g/mol. The molecule has 2 rings (SSSR count). The second-order valence-electron chi connectivity index (χ2n) is 5.68. The van der Waals surface area contributed by atoms with Gasteiger partial charge in [0.25, 0.3) is 0 Å². The summed E-state index contributed by atoms with van der Waals surface area (Å²) in [4.78, 5) is 0. The number of rotatable bonds is 4. The summed E-state index contributed by atoms with van der Waals surface area (Å²) in [6.45, 7) is 6.02. The molecule has 0 amide bonds. The zero-order valence-electron chi connectivity index (χ0n) is 12.2. The maximum Gasteiger partial charge on any atom is 0.183 e.